The van der Waals surface area contributed by atoms with Gasteiger partial charge in [0.05, 0.1) is 51.1 Å². The van der Waals surface area contributed by atoms with Crippen molar-refractivity contribution in [1.82, 2.24) is 0 Å². The monoisotopic (exact) mass is 434 g/mol. The molecule has 0 aromatic heterocycles. The van der Waals surface area contributed by atoms with Gasteiger partial charge in [0.2, 0.25) is 0 Å². The molecule has 0 fully saturated rings. The van der Waals surface area contributed by atoms with Crippen LogP contribution in [0.25, 0.3) is 0 Å². The van der Waals surface area contributed by atoms with Gasteiger partial charge in [-0.2, -0.15) is 0 Å². The number of esters is 4. The van der Waals surface area contributed by atoms with Crippen molar-refractivity contribution in [3.8, 4) is 0 Å². The van der Waals surface area contributed by atoms with Gasteiger partial charge in [0.25, 0.3) is 0 Å². The van der Waals surface area contributed by atoms with Gasteiger partial charge in [-0.05, 0) is 40.5 Å². The maximum absolute atomic E-state index is 11.7. The molecular weight excluding hydrogens is 400 g/mol. The lowest BCUT2D eigenvalue weighted by atomic mass is 10.2. The molecule has 0 aliphatic heterocycles. The molecule has 0 spiro atoms. The molecule has 0 aliphatic carbocycles. The minimum absolute atomic E-state index is 0.0911. The molecule has 0 aliphatic rings. The Hall–Kier alpha value is -2.20. The molecule has 0 heterocycles. The number of carbonyl (C=O) groups is 4. The zero-order valence-electron chi connectivity index (χ0n) is 18.1. The minimum Gasteiger partial charge on any atom is -0.466 e. The van der Waals surface area contributed by atoms with Gasteiger partial charge in [-0.15, -0.1) is 0 Å². The highest BCUT2D eigenvalue weighted by molar-refractivity contribution is 5.73. The number of unbranched alkanes of at least 4 members (excludes halogenated alkanes) is 1. The molecular formula is C20H34O10. The molecule has 0 radical (unpaired) electrons. The first kappa shape index (κ1) is 27.8. The zero-order chi connectivity index (χ0) is 23.1. The molecule has 0 amide bonds. The van der Waals surface area contributed by atoms with Crippen LogP contribution in [-0.2, 0) is 38.1 Å². The molecule has 0 saturated heterocycles. The lowest BCUT2D eigenvalue weighted by Crippen LogP contribution is -2.22. The highest BCUT2D eigenvalue weighted by Gasteiger charge is 2.17. The van der Waals surface area contributed by atoms with Crippen LogP contribution >= 0.6 is 0 Å². The average molecular weight is 434 g/mol. The highest BCUT2D eigenvalue weighted by atomic mass is 16.6. The number of ether oxygens (including phenoxy) is 4. The van der Waals surface area contributed by atoms with Crippen molar-refractivity contribution >= 4 is 23.9 Å². The molecule has 30 heavy (non-hydrogen) atoms. The second-order valence-electron chi connectivity index (χ2n) is 7.26. The van der Waals surface area contributed by atoms with Gasteiger partial charge in [0, 0.05) is 0 Å². The van der Waals surface area contributed by atoms with Crippen molar-refractivity contribution in [1.29, 1.82) is 0 Å². The Morgan fingerprint density at radius 3 is 1.23 bits per heavy atom. The van der Waals surface area contributed by atoms with Crippen LogP contribution in [0.3, 0.4) is 0 Å². The smallest absolute Gasteiger partial charge is 0.309 e. The van der Waals surface area contributed by atoms with E-state index < -0.39 is 48.3 Å². The normalized spacial score (nSPS) is 14.7. The predicted molar refractivity (Wildman–Crippen MR) is 104 cm³/mol. The maximum Gasteiger partial charge on any atom is 0.309 e. The van der Waals surface area contributed by atoms with Gasteiger partial charge in [-0.3, -0.25) is 19.2 Å². The van der Waals surface area contributed by atoms with Crippen molar-refractivity contribution in [2.45, 2.75) is 90.6 Å². The number of hydrogen-bond acceptors (Lipinski definition) is 10. The number of carbonyl (C=O) groups excluding carboxylic acids is 4. The van der Waals surface area contributed by atoms with Gasteiger partial charge in [0.15, 0.2) is 0 Å². The van der Waals surface area contributed by atoms with E-state index >= 15 is 0 Å². The molecule has 0 bridgehead atoms. The van der Waals surface area contributed by atoms with E-state index in [4.69, 9.17) is 29.2 Å². The molecule has 4 atom stereocenters. The van der Waals surface area contributed by atoms with Crippen LogP contribution in [-0.4, -0.2) is 71.7 Å². The summed E-state index contributed by atoms with van der Waals surface area (Å²) in [7, 11) is 0. The highest BCUT2D eigenvalue weighted by Crippen LogP contribution is 2.06. The fourth-order valence-corrected chi connectivity index (χ4v) is 2.27. The molecule has 2 N–H and O–H groups in total. The second kappa shape index (κ2) is 15.6. The van der Waals surface area contributed by atoms with Crippen molar-refractivity contribution in [2.24, 2.45) is 0 Å². The third kappa shape index (κ3) is 16.7. The third-order valence-electron chi connectivity index (χ3n) is 3.56. The van der Waals surface area contributed by atoms with Gasteiger partial charge >= 0.3 is 23.9 Å². The van der Waals surface area contributed by atoms with E-state index in [1.807, 2.05) is 0 Å². The Bertz CT molecular complexity index is 496. The summed E-state index contributed by atoms with van der Waals surface area (Å²) in [6.07, 6.45) is -2.41. The number of aliphatic hydroxyl groups is 2. The van der Waals surface area contributed by atoms with Crippen LogP contribution < -0.4 is 0 Å². The third-order valence-corrected chi connectivity index (χ3v) is 3.56. The van der Waals surface area contributed by atoms with E-state index in [2.05, 4.69) is 0 Å². The van der Waals surface area contributed by atoms with Crippen molar-refractivity contribution in [2.75, 3.05) is 13.2 Å². The summed E-state index contributed by atoms with van der Waals surface area (Å²) in [6.45, 7) is 6.32. The summed E-state index contributed by atoms with van der Waals surface area (Å²) in [5.74, 6) is -2.20. The number of aliphatic hydroxyl groups excluding tert-OH is 2. The van der Waals surface area contributed by atoms with E-state index in [1.54, 1.807) is 13.8 Å². The summed E-state index contributed by atoms with van der Waals surface area (Å²) in [6, 6.07) is 0. The van der Waals surface area contributed by atoms with Crippen LogP contribution in [0, 0.1) is 0 Å². The van der Waals surface area contributed by atoms with Gasteiger partial charge in [0.1, 0.15) is 12.2 Å². The largest absolute Gasteiger partial charge is 0.466 e. The van der Waals surface area contributed by atoms with E-state index in [9.17, 15) is 19.2 Å². The van der Waals surface area contributed by atoms with Crippen LogP contribution in [0.15, 0.2) is 0 Å². The predicted octanol–water partition coefficient (Wildman–Crippen LogP) is 1.04. The van der Waals surface area contributed by atoms with Crippen LogP contribution in [0.2, 0.25) is 0 Å². The van der Waals surface area contributed by atoms with Crippen molar-refractivity contribution in [3.63, 3.8) is 0 Å². The minimum atomic E-state index is -0.806. The zero-order valence-corrected chi connectivity index (χ0v) is 18.1. The van der Waals surface area contributed by atoms with Crippen LogP contribution in [0.4, 0.5) is 0 Å². The summed E-state index contributed by atoms with van der Waals surface area (Å²) in [5.41, 5.74) is 0. The SMILES string of the molecule is CC(O)CC(=O)OC(C)CC(=O)OCCCCOC(=O)CC(C)OC(=O)CC(C)O. The first-order valence-electron chi connectivity index (χ1n) is 10.1. The molecule has 0 aromatic carbocycles. The Balaban J connectivity index is 3.78. The molecule has 0 saturated carbocycles. The summed E-state index contributed by atoms with van der Waals surface area (Å²) < 4.78 is 20.0. The van der Waals surface area contributed by atoms with E-state index in [0.717, 1.165) is 0 Å². The van der Waals surface area contributed by atoms with Gasteiger partial charge in [-0.25, -0.2) is 0 Å². The number of hydrogen-bond donors (Lipinski definition) is 2. The lowest BCUT2D eigenvalue weighted by molar-refractivity contribution is -0.158. The first-order chi connectivity index (χ1) is 14.0. The Kier molecular flexibility index (Phi) is 14.5. The molecule has 174 valence electrons. The molecule has 0 rings (SSSR count). The average Bonchev–Trinajstić information content (AvgIpc) is 2.55. The van der Waals surface area contributed by atoms with Crippen LogP contribution in [0.5, 0.6) is 0 Å². The van der Waals surface area contributed by atoms with Crippen molar-refractivity contribution < 1.29 is 48.3 Å². The van der Waals surface area contributed by atoms with E-state index in [-0.39, 0.29) is 38.9 Å². The standard InChI is InChI=1S/C20H34O10/c1-13(21)9-19(25)29-15(3)11-17(23)27-7-5-6-8-28-18(24)12-16(4)30-20(26)10-14(2)22/h13-16,21-22H,5-12H2,1-4H3. The van der Waals surface area contributed by atoms with Crippen molar-refractivity contribution in [3.05, 3.63) is 0 Å². The lowest BCUT2D eigenvalue weighted by Gasteiger charge is -2.14. The van der Waals surface area contributed by atoms with Gasteiger partial charge in [-0.1, -0.05) is 0 Å². The summed E-state index contributed by atoms with van der Waals surface area (Å²) >= 11 is 0. The van der Waals surface area contributed by atoms with E-state index in [0.29, 0.717) is 12.8 Å². The summed E-state index contributed by atoms with van der Waals surface area (Å²) in [4.78, 5) is 46.1. The Labute approximate surface area is 176 Å². The molecule has 10 nitrogen and oxygen atoms in total. The van der Waals surface area contributed by atoms with Gasteiger partial charge < -0.3 is 29.2 Å². The first-order valence-corrected chi connectivity index (χ1v) is 10.1. The quantitative estimate of drug-likeness (QED) is 0.218. The molecule has 4 unspecified atom stereocenters. The Morgan fingerprint density at radius 2 is 0.933 bits per heavy atom. The fourth-order valence-electron chi connectivity index (χ4n) is 2.27. The molecule has 10 heteroatoms. The molecule has 0 aromatic rings. The van der Waals surface area contributed by atoms with E-state index in [1.165, 1.54) is 13.8 Å². The fraction of sp³-hybridized carbons (Fsp3) is 0.800. The number of rotatable bonds is 15. The van der Waals surface area contributed by atoms with Crippen LogP contribution in [0.1, 0.15) is 66.2 Å². The second-order valence-corrected chi connectivity index (χ2v) is 7.26. The Morgan fingerprint density at radius 1 is 0.600 bits per heavy atom. The summed E-state index contributed by atoms with van der Waals surface area (Å²) in [5, 5.41) is 18.2. The maximum atomic E-state index is 11.7. The topological polar surface area (TPSA) is 146 Å².